The number of ketones is 1. The zero-order valence-corrected chi connectivity index (χ0v) is 16.3. The van der Waals surface area contributed by atoms with E-state index in [4.69, 9.17) is 0 Å². The third-order valence-corrected chi connectivity index (χ3v) is 4.69. The second-order valence-electron chi connectivity index (χ2n) is 6.73. The average molecular weight is 361 g/mol. The zero-order valence-electron chi connectivity index (χ0n) is 16.3. The number of esters is 1. The first-order chi connectivity index (χ1) is 12.5. The Morgan fingerprint density at radius 1 is 1.31 bits per heavy atom. The molecular formula is C21H31NO4. The molecule has 0 N–H and O–H groups in total. The lowest BCUT2D eigenvalue weighted by Gasteiger charge is -2.22. The van der Waals surface area contributed by atoms with Crippen molar-refractivity contribution in [2.24, 2.45) is 5.92 Å². The van der Waals surface area contributed by atoms with Gasteiger partial charge >= 0.3 is 5.97 Å². The van der Waals surface area contributed by atoms with Crippen LogP contribution in [0.2, 0.25) is 0 Å². The standard InChI is InChI=1S/C21H31NO4/c1-4-5-10-17(2)19(23)14-12-18-13-15-20(24)22(18)16-9-7-6-8-11-21(25)26-3/h12,14,17-18H,6-11,13,15-16H2,1-3H3. The van der Waals surface area contributed by atoms with Crippen LogP contribution in [-0.2, 0) is 19.1 Å². The molecule has 1 fully saturated rings. The Morgan fingerprint density at radius 3 is 2.73 bits per heavy atom. The fraction of sp³-hybridized carbons (Fsp3) is 0.667. The summed E-state index contributed by atoms with van der Waals surface area (Å²) in [5.74, 6) is 5.67. The van der Waals surface area contributed by atoms with Gasteiger partial charge in [0.25, 0.3) is 0 Å². The smallest absolute Gasteiger partial charge is 0.305 e. The Bertz CT molecular complexity index is 570. The highest BCUT2D eigenvalue weighted by Crippen LogP contribution is 2.21. The van der Waals surface area contributed by atoms with E-state index in [1.165, 1.54) is 7.11 Å². The number of likely N-dealkylation sites (tertiary alicyclic amines) is 1. The summed E-state index contributed by atoms with van der Waals surface area (Å²) in [4.78, 5) is 37.1. The summed E-state index contributed by atoms with van der Waals surface area (Å²) < 4.78 is 4.62. The minimum atomic E-state index is -0.172. The average Bonchev–Trinajstić information content (AvgIpc) is 2.99. The lowest BCUT2D eigenvalue weighted by Crippen LogP contribution is -2.32. The number of allylic oxidation sites excluding steroid dienone is 1. The highest BCUT2D eigenvalue weighted by Gasteiger charge is 2.28. The van der Waals surface area contributed by atoms with Crippen LogP contribution in [0.3, 0.4) is 0 Å². The van der Waals surface area contributed by atoms with E-state index in [1.807, 2.05) is 17.9 Å². The Hall–Kier alpha value is -2.09. The van der Waals surface area contributed by atoms with Gasteiger partial charge in [-0.25, -0.2) is 0 Å². The van der Waals surface area contributed by atoms with Crippen molar-refractivity contribution in [2.45, 2.75) is 71.3 Å². The van der Waals surface area contributed by atoms with Crippen molar-refractivity contribution >= 4 is 17.7 Å². The molecule has 0 spiro atoms. The molecule has 1 aliphatic heterocycles. The van der Waals surface area contributed by atoms with Crippen molar-refractivity contribution in [3.05, 3.63) is 12.2 Å². The fourth-order valence-corrected chi connectivity index (χ4v) is 2.98. The third-order valence-electron chi connectivity index (χ3n) is 4.69. The van der Waals surface area contributed by atoms with Crippen LogP contribution in [0.15, 0.2) is 12.2 Å². The van der Waals surface area contributed by atoms with Gasteiger partial charge in [0.05, 0.1) is 13.2 Å². The van der Waals surface area contributed by atoms with Crippen molar-refractivity contribution in [3.63, 3.8) is 0 Å². The second-order valence-corrected chi connectivity index (χ2v) is 6.73. The number of ether oxygens (including phenoxy) is 1. The van der Waals surface area contributed by atoms with Crippen molar-refractivity contribution in [2.75, 3.05) is 13.7 Å². The van der Waals surface area contributed by atoms with E-state index >= 15 is 0 Å². The Morgan fingerprint density at radius 2 is 2.04 bits per heavy atom. The molecule has 0 saturated carbocycles. The van der Waals surface area contributed by atoms with Crippen LogP contribution >= 0.6 is 0 Å². The van der Waals surface area contributed by atoms with E-state index in [2.05, 4.69) is 16.6 Å². The summed E-state index contributed by atoms with van der Waals surface area (Å²) in [6, 6.07) is 0.0194. The molecule has 5 nitrogen and oxygen atoms in total. The third kappa shape index (κ3) is 7.86. The first-order valence-electron chi connectivity index (χ1n) is 9.47. The van der Waals surface area contributed by atoms with Crippen LogP contribution < -0.4 is 0 Å². The Kier molecular flexibility index (Phi) is 10.4. The molecule has 26 heavy (non-hydrogen) atoms. The number of carbonyl (C=O) groups excluding carboxylic acids is 3. The summed E-state index contributed by atoms with van der Waals surface area (Å²) in [5, 5.41) is 0. The lowest BCUT2D eigenvalue weighted by atomic mass is 10.0. The molecule has 144 valence electrons. The van der Waals surface area contributed by atoms with Gasteiger partial charge in [-0.2, -0.15) is 0 Å². The molecule has 0 bridgehead atoms. The molecule has 0 aromatic heterocycles. The first-order valence-corrected chi connectivity index (χ1v) is 9.47. The van der Waals surface area contributed by atoms with Gasteiger partial charge in [-0.15, -0.1) is 11.8 Å². The van der Waals surface area contributed by atoms with Crippen LogP contribution in [-0.4, -0.2) is 42.3 Å². The molecule has 2 atom stereocenters. The maximum atomic E-state index is 12.1. The predicted molar refractivity (Wildman–Crippen MR) is 101 cm³/mol. The molecule has 1 saturated heterocycles. The molecule has 1 rings (SSSR count). The van der Waals surface area contributed by atoms with E-state index in [0.29, 0.717) is 25.8 Å². The van der Waals surface area contributed by atoms with Crippen molar-refractivity contribution in [3.8, 4) is 11.8 Å². The van der Waals surface area contributed by atoms with Crippen LogP contribution in [0.25, 0.3) is 0 Å². The van der Waals surface area contributed by atoms with Gasteiger partial charge in [-0.1, -0.05) is 25.8 Å². The molecule has 0 aromatic carbocycles. The van der Waals surface area contributed by atoms with Crippen LogP contribution in [0, 0.1) is 17.8 Å². The first kappa shape index (κ1) is 22.0. The molecular weight excluding hydrogens is 330 g/mol. The predicted octanol–water partition coefficient (Wildman–Crippen LogP) is 3.28. The SMILES string of the molecule is CC#CCC(C)C(=O)C=CC1CCC(=O)N1CCCCCCC(=O)OC. The van der Waals surface area contributed by atoms with E-state index < -0.39 is 0 Å². The fourth-order valence-electron chi connectivity index (χ4n) is 2.98. The molecule has 1 amide bonds. The van der Waals surface area contributed by atoms with Gasteiger partial charge < -0.3 is 9.64 Å². The molecule has 0 aliphatic carbocycles. The number of nitrogens with zero attached hydrogens (tertiary/aromatic N) is 1. The highest BCUT2D eigenvalue weighted by atomic mass is 16.5. The molecule has 1 heterocycles. The van der Waals surface area contributed by atoms with E-state index in [0.717, 1.165) is 32.1 Å². The van der Waals surface area contributed by atoms with Gasteiger partial charge in [0.1, 0.15) is 0 Å². The maximum absolute atomic E-state index is 12.1. The largest absolute Gasteiger partial charge is 0.469 e. The normalized spacial score (nSPS) is 17.9. The minimum absolute atomic E-state index is 0.0194. The van der Waals surface area contributed by atoms with E-state index in [-0.39, 0.29) is 29.6 Å². The summed E-state index contributed by atoms with van der Waals surface area (Å²) in [5.41, 5.74) is 0. The number of amides is 1. The zero-order chi connectivity index (χ0) is 19.4. The molecule has 0 aromatic rings. The van der Waals surface area contributed by atoms with E-state index in [9.17, 15) is 14.4 Å². The second kappa shape index (κ2) is 12.3. The van der Waals surface area contributed by atoms with Crippen molar-refractivity contribution < 1.29 is 19.1 Å². The minimum Gasteiger partial charge on any atom is -0.469 e. The van der Waals surface area contributed by atoms with Gasteiger partial charge in [-0.05, 0) is 32.3 Å². The van der Waals surface area contributed by atoms with Crippen molar-refractivity contribution in [1.82, 2.24) is 4.90 Å². The molecule has 0 radical (unpaired) electrons. The number of methoxy groups -OCH3 is 1. The summed E-state index contributed by atoms with van der Waals surface area (Å²) in [6.07, 6.45) is 9.48. The number of hydrogen-bond donors (Lipinski definition) is 0. The molecule has 1 aliphatic rings. The Labute approximate surface area is 157 Å². The van der Waals surface area contributed by atoms with Crippen LogP contribution in [0.1, 0.15) is 65.2 Å². The monoisotopic (exact) mass is 361 g/mol. The summed E-state index contributed by atoms with van der Waals surface area (Å²) in [7, 11) is 1.40. The number of carbonyl (C=O) groups is 3. The number of unbranched alkanes of at least 4 members (excludes halogenated alkanes) is 3. The maximum Gasteiger partial charge on any atom is 0.305 e. The molecule has 5 heteroatoms. The van der Waals surface area contributed by atoms with E-state index in [1.54, 1.807) is 13.0 Å². The quantitative estimate of drug-likeness (QED) is 0.245. The van der Waals surface area contributed by atoms with Gasteiger partial charge in [-0.3, -0.25) is 14.4 Å². The topological polar surface area (TPSA) is 63.7 Å². The van der Waals surface area contributed by atoms with Gasteiger partial charge in [0.15, 0.2) is 5.78 Å². The number of hydrogen-bond acceptors (Lipinski definition) is 4. The summed E-state index contributed by atoms with van der Waals surface area (Å²) in [6.45, 7) is 4.35. The van der Waals surface area contributed by atoms with Gasteiger partial charge in [0.2, 0.25) is 5.91 Å². The van der Waals surface area contributed by atoms with Crippen LogP contribution in [0.5, 0.6) is 0 Å². The van der Waals surface area contributed by atoms with Gasteiger partial charge in [0, 0.05) is 31.7 Å². The summed E-state index contributed by atoms with van der Waals surface area (Å²) >= 11 is 0. The van der Waals surface area contributed by atoms with Crippen molar-refractivity contribution in [1.29, 1.82) is 0 Å². The number of rotatable bonds is 11. The molecule has 2 unspecified atom stereocenters. The van der Waals surface area contributed by atoms with Crippen LogP contribution in [0.4, 0.5) is 0 Å². The lowest BCUT2D eigenvalue weighted by molar-refractivity contribution is -0.140. The Balaban J connectivity index is 2.38. The highest BCUT2D eigenvalue weighted by molar-refractivity contribution is 5.92.